The molecule has 0 saturated heterocycles. The molecule has 222 valence electrons. The highest BCUT2D eigenvalue weighted by Gasteiger charge is 2.30. The first-order chi connectivity index (χ1) is 19.9. The minimum atomic E-state index is -4.39. The molecule has 0 bridgehead atoms. The van der Waals surface area contributed by atoms with Crippen LogP contribution in [0, 0.1) is 5.82 Å². The number of alkyl halides is 3. The van der Waals surface area contributed by atoms with Crippen molar-refractivity contribution in [1.82, 2.24) is 14.9 Å². The monoisotopic (exact) mass is 586 g/mol. The van der Waals surface area contributed by atoms with Gasteiger partial charge in [0.05, 0.1) is 31.3 Å². The summed E-state index contributed by atoms with van der Waals surface area (Å²) in [5.74, 6) is -0.983. The van der Waals surface area contributed by atoms with Crippen LogP contribution in [0.2, 0.25) is 0 Å². The average molecular weight is 587 g/mol. The second kappa shape index (κ2) is 11.3. The molecule has 4 N–H and O–H groups in total. The van der Waals surface area contributed by atoms with Gasteiger partial charge in [-0.25, -0.2) is 9.37 Å². The van der Waals surface area contributed by atoms with E-state index in [1.807, 2.05) is 0 Å². The third kappa shape index (κ3) is 6.04. The lowest BCUT2D eigenvalue weighted by molar-refractivity contribution is -0.131. The number of hydrogen-bond acceptors (Lipinski definition) is 6. The number of nitrogens with one attached hydrogen (secondary N) is 2. The minimum Gasteiger partial charge on any atom is -0.494 e. The molecule has 4 aromatic rings. The molecule has 5 rings (SSSR count). The third-order valence-corrected chi connectivity index (χ3v) is 7.35. The van der Waals surface area contributed by atoms with Crippen LogP contribution in [0.1, 0.15) is 53.2 Å². The second-order valence-corrected chi connectivity index (χ2v) is 10.5. The van der Waals surface area contributed by atoms with Gasteiger partial charge in [0.2, 0.25) is 0 Å². The van der Waals surface area contributed by atoms with Crippen LogP contribution in [0.5, 0.6) is 5.75 Å². The number of aromatic nitrogens is 2. The first-order valence-electron chi connectivity index (χ1n) is 13.3. The maximum Gasteiger partial charge on any atom is 0.390 e. The number of carbonyl (C=O) groups excluding carboxylic acids is 1. The number of halogens is 4. The number of benzene rings is 3. The van der Waals surface area contributed by atoms with Crippen LogP contribution in [-0.2, 0) is 12.2 Å². The van der Waals surface area contributed by atoms with Gasteiger partial charge in [-0.2, -0.15) is 13.2 Å². The number of fused-ring (bicyclic) bond motifs is 1. The van der Waals surface area contributed by atoms with Gasteiger partial charge >= 0.3 is 6.18 Å². The molecule has 1 aliphatic rings. The smallest absolute Gasteiger partial charge is 0.390 e. The van der Waals surface area contributed by atoms with E-state index in [1.54, 1.807) is 28.8 Å². The Kier molecular flexibility index (Phi) is 7.86. The standard InChI is InChI=1S/C30H30F4N4O4/c1-29(41,18-3-8-26(42-2)23(31)12-18)19-13-24(35-10-9-30(32,33)34)27-25(14-19)38(16-36-27)21-6-7-22(17(11-21)15-39)28(40)37-20-4-5-20/h3,6-8,11-14,16,20,35,39,41H,4-5,9-10,15H2,1-2H3,(H,37,40)/t29-/m1/s1. The van der Waals surface area contributed by atoms with Gasteiger partial charge in [0.1, 0.15) is 17.4 Å². The molecule has 12 heteroatoms. The zero-order valence-corrected chi connectivity index (χ0v) is 22.9. The summed E-state index contributed by atoms with van der Waals surface area (Å²) in [6.07, 6.45) is -2.19. The van der Waals surface area contributed by atoms with Crippen molar-refractivity contribution in [2.75, 3.05) is 19.0 Å². The van der Waals surface area contributed by atoms with Gasteiger partial charge in [-0.15, -0.1) is 0 Å². The van der Waals surface area contributed by atoms with E-state index in [1.165, 1.54) is 38.6 Å². The summed E-state index contributed by atoms with van der Waals surface area (Å²) in [5.41, 5.74) is 0.928. The predicted molar refractivity (Wildman–Crippen MR) is 148 cm³/mol. The summed E-state index contributed by atoms with van der Waals surface area (Å²) in [6.45, 7) is 0.613. The fourth-order valence-corrected chi connectivity index (χ4v) is 4.79. The van der Waals surface area contributed by atoms with Crippen LogP contribution in [-0.4, -0.2) is 51.5 Å². The Morgan fingerprint density at radius 2 is 1.88 bits per heavy atom. The predicted octanol–water partition coefficient (Wildman–Crippen LogP) is 5.18. The summed E-state index contributed by atoms with van der Waals surface area (Å²) in [4.78, 5) is 17.1. The zero-order valence-electron chi connectivity index (χ0n) is 22.9. The summed E-state index contributed by atoms with van der Waals surface area (Å²) in [6, 6.07) is 12.1. The first kappa shape index (κ1) is 29.3. The summed E-state index contributed by atoms with van der Waals surface area (Å²) in [7, 11) is 1.32. The number of hydrogen-bond donors (Lipinski definition) is 4. The molecule has 0 spiro atoms. The molecule has 1 aliphatic carbocycles. The van der Waals surface area contributed by atoms with Crippen LogP contribution in [0.4, 0.5) is 23.2 Å². The molecular weight excluding hydrogens is 556 g/mol. The number of carbonyl (C=O) groups is 1. The highest BCUT2D eigenvalue weighted by molar-refractivity contribution is 5.96. The molecule has 1 amide bonds. The highest BCUT2D eigenvalue weighted by Crippen LogP contribution is 2.37. The van der Waals surface area contributed by atoms with Crippen LogP contribution < -0.4 is 15.4 Å². The molecule has 1 atom stereocenters. The number of rotatable bonds is 10. The molecule has 1 heterocycles. The van der Waals surface area contributed by atoms with Crippen LogP contribution >= 0.6 is 0 Å². The normalized spacial score (nSPS) is 15.0. The van der Waals surface area contributed by atoms with Gasteiger partial charge in [-0.3, -0.25) is 9.36 Å². The Balaban J connectivity index is 1.60. The van der Waals surface area contributed by atoms with E-state index in [0.717, 1.165) is 18.9 Å². The topological polar surface area (TPSA) is 109 Å². The van der Waals surface area contributed by atoms with E-state index in [0.29, 0.717) is 27.8 Å². The zero-order chi connectivity index (χ0) is 30.2. The van der Waals surface area contributed by atoms with E-state index in [2.05, 4.69) is 15.6 Å². The highest BCUT2D eigenvalue weighted by atomic mass is 19.4. The maximum atomic E-state index is 14.6. The molecule has 0 radical (unpaired) electrons. The Morgan fingerprint density at radius 1 is 1.12 bits per heavy atom. The number of nitrogens with zero attached hydrogens (tertiary/aromatic N) is 2. The van der Waals surface area contributed by atoms with Gasteiger partial charge in [0, 0.05) is 23.8 Å². The second-order valence-electron chi connectivity index (χ2n) is 10.5. The van der Waals surface area contributed by atoms with E-state index in [9.17, 15) is 32.6 Å². The Bertz CT molecular complexity index is 1630. The maximum absolute atomic E-state index is 14.6. The third-order valence-electron chi connectivity index (χ3n) is 7.35. The molecule has 8 nitrogen and oxygen atoms in total. The molecular formula is C30H30F4N4O4. The molecule has 1 fully saturated rings. The lowest BCUT2D eigenvalue weighted by Gasteiger charge is -2.26. The number of aliphatic hydroxyl groups is 2. The SMILES string of the molecule is COc1ccc([C@@](C)(O)c2cc(NCCC(F)(F)F)c3ncn(-c4ccc(C(=O)NC5CC5)c(CO)c4)c3c2)cc1F. The van der Waals surface area contributed by atoms with E-state index in [4.69, 9.17) is 4.74 Å². The molecule has 3 aromatic carbocycles. The van der Waals surface area contributed by atoms with Gasteiger partial charge < -0.3 is 25.6 Å². The Hall–Kier alpha value is -4.16. The van der Waals surface area contributed by atoms with Crippen LogP contribution in [0.3, 0.4) is 0 Å². The Morgan fingerprint density at radius 3 is 2.52 bits per heavy atom. The van der Waals surface area contributed by atoms with Crippen molar-refractivity contribution in [3.05, 3.63) is 82.9 Å². The van der Waals surface area contributed by atoms with E-state index in [-0.39, 0.29) is 34.5 Å². The van der Waals surface area contributed by atoms with Gasteiger partial charge in [-0.05, 0) is 78.9 Å². The number of ether oxygens (including phenoxy) is 1. The molecule has 42 heavy (non-hydrogen) atoms. The molecule has 0 unspecified atom stereocenters. The summed E-state index contributed by atoms with van der Waals surface area (Å²) < 4.78 is 60.0. The lowest BCUT2D eigenvalue weighted by atomic mass is 9.87. The van der Waals surface area contributed by atoms with E-state index < -0.39 is 37.2 Å². The van der Waals surface area contributed by atoms with Gasteiger partial charge in [0.15, 0.2) is 11.6 Å². The van der Waals surface area contributed by atoms with Crippen molar-refractivity contribution in [3.63, 3.8) is 0 Å². The van der Waals surface area contributed by atoms with Gasteiger partial charge in [-0.1, -0.05) is 6.07 Å². The van der Waals surface area contributed by atoms with Crippen molar-refractivity contribution in [3.8, 4) is 11.4 Å². The molecule has 0 aliphatic heterocycles. The Labute approximate surface area is 238 Å². The number of methoxy groups -OCH3 is 1. The fraction of sp³-hybridized carbons (Fsp3) is 0.333. The van der Waals surface area contributed by atoms with Crippen molar-refractivity contribution >= 4 is 22.6 Å². The van der Waals surface area contributed by atoms with Crippen molar-refractivity contribution in [1.29, 1.82) is 0 Å². The number of aliphatic hydroxyl groups excluding tert-OH is 1. The lowest BCUT2D eigenvalue weighted by Crippen LogP contribution is -2.26. The van der Waals surface area contributed by atoms with Crippen molar-refractivity contribution in [2.24, 2.45) is 0 Å². The van der Waals surface area contributed by atoms with Crippen molar-refractivity contribution < 1.29 is 37.3 Å². The summed E-state index contributed by atoms with van der Waals surface area (Å²) in [5, 5.41) is 27.3. The molecule has 1 aromatic heterocycles. The van der Waals surface area contributed by atoms with Crippen LogP contribution in [0.15, 0.2) is 54.9 Å². The number of anilines is 1. The fourth-order valence-electron chi connectivity index (χ4n) is 4.79. The number of amides is 1. The largest absolute Gasteiger partial charge is 0.494 e. The first-order valence-corrected chi connectivity index (χ1v) is 13.3. The average Bonchev–Trinajstić information content (AvgIpc) is 3.66. The quantitative estimate of drug-likeness (QED) is 0.191. The van der Waals surface area contributed by atoms with Crippen molar-refractivity contribution in [2.45, 2.75) is 50.6 Å². The summed E-state index contributed by atoms with van der Waals surface area (Å²) >= 11 is 0. The number of imidazole rings is 1. The minimum absolute atomic E-state index is 0.00784. The van der Waals surface area contributed by atoms with Crippen LogP contribution in [0.25, 0.3) is 16.7 Å². The molecule has 1 saturated carbocycles. The van der Waals surface area contributed by atoms with Gasteiger partial charge in [0.25, 0.3) is 5.91 Å². The van der Waals surface area contributed by atoms with E-state index >= 15 is 0 Å².